The van der Waals surface area contributed by atoms with Crippen LogP contribution in [0.25, 0.3) is 11.3 Å². The number of aromatic amines is 1. The van der Waals surface area contributed by atoms with Crippen molar-refractivity contribution in [1.82, 2.24) is 14.9 Å². The van der Waals surface area contributed by atoms with Gasteiger partial charge in [-0.15, -0.1) is 0 Å². The van der Waals surface area contributed by atoms with Crippen molar-refractivity contribution in [2.75, 3.05) is 19.8 Å². The molecule has 1 fully saturated rings. The third kappa shape index (κ3) is 3.12. The summed E-state index contributed by atoms with van der Waals surface area (Å²) in [4.78, 5) is 10.4. The van der Waals surface area contributed by atoms with Gasteiger partial charge in [0.2, 0.25) is 0 Å². The number of aromatic nitrogens is 2. The molecular weight excluding hydrogens is 286 g/mol. The highest BCUT2D eigenvalue weighted by Gasteiger charge is 2.28. The van der Waals surface area contributed by atoms with Gasteiger partial charge in [-0.1, -0.05) is 23.7 Å². The highest BCUT2D eigenvalue weighted by molar-refractivity contribution is 6.30. The summed E-state index contributed by atoms with van der Waals surface area (Å²) in [6.45, 7) is 6.84. The maximum Gasteiger partial charge on any atom is 0.126 e. The van der Waals surface area contributed by atoms with Crippen molar-refractivity contribution in [2.24, 2.45) is 0 Å². The minimum absolute atomic E-state index is 0.194. The van der Waals surface area contributed by atoms with E-state index in [9.17, 15) is 0 Å². The number of halogens is 1. The van der Waals surface area contributed by atoms with Crippen molar-refractivity contribution in [2.45, 2.75) is 25.9 Å². The number of rotatable bonds is 3. The normalized spacial score (nSPS) is 20.1. The van der Waals surface area contributed by atoms with Crippen LogP contribution >= 0.6 is 11.6 Å². The van der Waals surface area contributed by atoms with Crippen LogP contribution in [0.1, 0.15) is 25.7 Å². The van der Waals surface area contributed by atoms with Gasteiger partial charge in [0.25, 0.3) is 0 Å². The van der Waals surface area contributed by atoms with Crippen molar-refractivity contribution < 1.29 is 4.74 Å². The summed E-state index contributed by atoms with van der Waals surface area (Å²) in [6.07, 6.45) is 1.88. The van der Waals surface area contributed by atoms with Crippen LogP contribution in [0.3, 0.4) is 0 Å². The second-order valence-corrected chi connectivity index (χ2v) is 6.05. The predicted octanol–water partition coefficient (Wildman–Crippen LogP) is 3.51. The molecule has 0 saturated carbocycles. The Balaban J connectivity index is 1.85. The van der Waals surface area contributed by atoms with E-state index in [4.69, 9.17) is 16.3 Å². The Morgan fingerprint density at radius 2 is 2.10 bits per heavy atom. The number of benzene rings is 1. The zero-order valence-electron chi connectivity index (χ0n) is 12.3. The molecule has 4 nitrogen and oxygen atoms in total. The Morgan fingerprint density at radius 3 is 2.81 bits per heavy atom. The Labute approximate surface area is 130 Å². The largest absolute Gasteiger partial charge is 0.378 e. The molecule has 0 amide bonds. The first-order chi connectivity index (χ1) is 10.1. The Bertz CT molecular complexity index is 594. The van der Waals surface area contributed by atoms with Crippen molar-refractivity contribution in [3.8, 4) is 11.3 Å². The van der Waals surface area contributed by atoms with E-state index in [2.05, 4.69) is 28.7 Å². The van der Waals surface area contributed by atoms with E-state index >= 15 is 0 Å². The molecule has 0 radical (unpaired) electrons. The highest BCUT2D eigenvalue weighted by Crippen LogP contribution is 2.27. The quantitative estimate of drug-likeness (QED) is 0.943. The number of nitrogens with zero attached hydrogens (tertiary/aromatic N) is 2. The summed E-state index contributed by atoms with van der Waals surface area (Å²) in [5.74, 6) is 0.966. The van der Waals surface area contributed by atoms with Gasteiger partial charge in [-0.2, -0.15) is 0 Å². The number of hydrogen-bond donors (Lipinski definition) is 1. The minimum Gasteiger partial charge on any atom is -0.378 e. The molecule has 1 atom stereocenters. The predicted molar refractivity (Wildman–Crippen MR) is 84.4 cm³/mol. The van der Waals surface area contributed by atoms with Gasteiger partial charge in [0, 0.05) is 17.6 Å². The summed E-state index contributed by atoms with van der Waals surface area (Å²) >= 11 is 5.93. The number of ether oxygens (including phenoxy) is 1. The smallest absolute Gasteiger partial charge is 0.126 e. The lowest BCUT2D eigenvalue weighted by Gasteiger charge is -2.37. The van der Waals surface area contributed by atoms with E-state index in [1.807, 2.05) is 30.5 Å². The maximum atomic E-state index is 5.93. The number of H-pyrrole nitrogens is 1. The molecule has 1 saturated heterocycles. The molecule has 1 aromatic heterocycles. The molecule has 0 spiro atoms. The molecule has 0 aliphatic carbocycles. The van der Waals surface area contributed by atoms with Gasteiger partial charge >= 0.3 is 0 Å². The van der Waals surface area contributed by atoms with Gasteiger partial charge in [0.1, 0.15) is 5.82 Å². The summed E-state index contributed by atoms with van der Waals surface area (Å²) in [5, 5.41) is 0.741. The Hall–Kier alpha value is -1.36. The fourth-order valence-electron chi connectivity index (χ4n) is 2.75. The third-order valence-corrected chi connectivity index (χ3v) is 4.15. The highest BCUT2D eigenvalue weighted by atomic mass is 35.5. The van der Waals surface area contributed by atoms with Crippen LogP contribution in [0.2, 0.25) is 5.02 Å². The fourth-order valence-corrected chi connectivity index (χ4v) is 2.88. The second kappa shape index (κ2) is 6.18. The van der Waals surface area contributed by atoms with Gasteiger partial charge in [-0.3, -0.25) is 4.90 Å². The summed E-state index contributed by atoms with van der Waals surface area (Å²) in [5.41, 5.74) is 2.10. The second-order valence-electron chi connectivity index (χ2n) is 5.61. The maximum absolute atomic E-state index is 5.93. The van der Waals surface area contributed by atoms with Crippen molar-refractivity contribution in [3.05, 3.63) is 41.3 Å². The first-order valence-electron chi connectivity index (χ1n) is 7.29. The first kappa shape index (κ1) is 14.6. The van der Waals surface area contributed by atoms with E-state index < -0.39 is 0 Å². The standard InChI is InChI=1S/C16H20ClN3O/c1-11(2)20-7-8-21-10-15(20)16-18-9-14(19-16)12-3-5-13(17)6-4-12/h3-6,9,11,15H,7-8,10H2,1-2H3,(H,18,19)/t15-/m0/s1. The van der Waals surface area contributed by atoms with Crippen molar-refractivity contribution in [1.29, 1.82) is 0 Å². The van der Waals surface area contributed by atoms with Crippen LogP contribution in [0, 0.1) is 0 Å². The molecule has 1 aromatic carbocycles. The van der Waals surface area contributed by atoms with Crippen LogP contribution in [-0.2, 0) is 4.74 Å². The van der Waals surface area contributed by atoms with Gasteiger partial charge < -0.3 is 9.72 Å². The molecule has 1 aliphatic heterocycles. The number of hydrogen-bond acceptors (Lipinski definition) is 3. The fraction of sp³-hybridized carbons (Fsp3) is 0.438. The molecule has 0 bridgehead atoms. The van der Waals surface area contributed by atoms with E-state index in [1.54, 1.807) is 0 Å². The Morgan fingerprint density at radius 1 is 1.33 bits per heavy atom. The zero-order valence-corrected chi connectivity index (χ0v) is 13.1. The zero-order chi connectivity index (χ0) is 14.8. The molecule has 3 rings (SSSR count). The van der Waals surface area contributed by atoms with Crippen LogP contribution in [0.15, 0.2) is 30.5 Å². The first-order valence-corrected chi connectivity index (χ1v) is 7.67. The molecule has 0 unspecified atom stereocenters. The average Bonchev–Trinajstić information content (AvgIpc) is 2.97. The van der Waals surface area contributed by atoms with Crippen LogP contribution in [0.5, 0.6) is 0 Å². The lowest BCUT2D eigenvalue weighted by Crippen LogP contribution is -2.43. The third-order valence-electron chi connectivity index (χ3n) is 3.90. The summed E-state index contributed by atoms with van der Waals surface area (Å²) in [6, 6.07) is 8.44. The SMILES string of the molecule is CC(C)N1CCOC[C@H]1c1ncc(-c2ccc(Cl)cc2)[nH]1. The molecule has 21 heavy (non-hydrogen) atoms. The Kier molecular flexibility index (Phi) is 4.29. The van der Waals surface area contributed by atoms with E-state index in [0.29, 0.717) is 12.6 Å². The topological polar surface area (TPSA) is 41.1 Å². The van der Waals surface area contributed by atoms with Gasteiger partial charge in [0.05, 0.1) is 31.1 Å². The molecule has 5 heteroatoms. The number of imidazole rings is 1. The van der Waals surface area contributed by atoms with Crippen molar-refractivity contribution >= 4 is 11.6 Å². The van der Waals surface area contributed by atoms with Crippen LogP contribution in [0.4, 0.5) is 0 Å². The van der Waals surface area contributed by atoms with Gasteiger partial charge in [0.15, 0.2) is 0 Å². The summed E-state index contributed by atoms with van der Waals surface area (Å²) in [7, 11) is 0. The van der Waals surface area contributed by atoms with Crippen LogP contribution in [-0.4, -0.2) is 40.7 Å². The molecule has 1 aliphatic rings. The molecule has 2 heterocycles. The van der Waals surface area contributed by atoms with E-state index in [1.165, 1.54) is 0 Å². The number of morpholine rings is 1. The molecule has 1 N–H and O–H groups in total. The lowest BCUT2D eigenvalue weighted by atomic mass is 10.1. The monoisotopic (exact) mass is 305 g/mol. The molecule has 2 aromatic rings. The van der Waals surface area contributed by atoms with E-state index in [-0.39, 0.29) is 6.04 Å². The lowest BCUT2D eigenvalue weighted by molar-refractivity contribution is -0.0262. The van der Waals surface area contributed by atoms with Gasteiger partial charge in [-0.25, -0.2) is 4.98 Å². The number of nitrogens with one attached hydrogen (secondary N) is 1. The minimum atomic E-state index is 0.194. The van der Waals surface area contributed by atoms with Crippen LogP contribution < -0.4 is 0 Å². The summed E-state index contributed by atoms with van der Waals surface area (Å²) < 4.78 is 5.63. The van der Waals surface area contributed by atoms with Gasteiger partial charge in [-0.05, 0) is 31.5 Å². The van der Waals surface area contributed by atoms with E-state index in [0.717, 1.165) is 35.3 Å². The average molecular weight is 306 g/mol. The van der Waals surface area contributed by atoms with Crippen molar-refractivity contribution in [3.63, 3.8) is 0 Å². The molecule has 112 valence electrons. The molecular formula is C16H20ClN3O.